The van der Waals surface area contributed by atoms with Gasteiger partial charge in [0.05, 0.1) is 6.54 Å². The summed E-state index contributed by atoms with van der Waals surface area (Å²) in [5, 5.41) is 2.68. The number of amides is 1. The molecule has 0 saturated carbocycles. The van der Waals surface area contributed by atoms with E-state index in [0.717, 1.165) is 11.3 Å². The van der Waals surface area contributed by atoms with Gasteiger partial charge in [-0.05, 0) is 36.8 Å². The fourth-order valence-electron chi connectivity index (χ4n) is 1.88. The molecule has 0 spiro atoms. The average molecular weight is 299 g/mol. The molecule has 0 aliphatic carbocycles. The van der Waals surface area contributed by atoms with Crippen LogP contribution in [-0.2, 0) is 4.79 Å². The molecular formula is C18H18FNO2. The van der Waals surface area contributed by atoms with Gasteiger partial charge < -0.3 is 10.1 Å². The zero-order valence-corrected chi connectivity index (χ0v) is 12.4. The molecule has 2 aromatic carbocycles. The Labute approximate surface area is 129 Å². The van der Waals surface area contributed by atoms with E-state index in [0.29, 0.717) is 18.7 Å². The molecule has 1 amide bonds. The van der Waals surface area contributed by atoms with Crippen molar-refractivity contribution in [3.63, 3.8) is 0 Å². The molecule has 0 aliphatic rings. The Hall–Kier alpha value is -2.62. The quantitative estimate of drug-likeness (QED) is 0.656. The van der Waals surface area contributed by atoms with Gasteiger partial charge in [0.25, 0.3) is 0 Å². The van der Waals surface area contributed by atoms with E-state index < -0.39 is 0 Å². The summed E-state index contributed by atoms with van der Waals surface area (Å²) in [6, 6.07) is 14.0. The summed E-state index contributed by atoms with van der Waals surface area (Å²) in [6.07, 6.45) is 2.76. The first kappa shape index (κ1) is 15.8. The maximum absolute atomic E-state index is 13.4. The number of carbonyl (C=O) groups excluding carboxylic acids is 1. The van der Waals surface area contributed by atoms with Crippen molar-refractivity contribution < 1.29 is 13.9 Å². The minimum absolute atomic E-state index is 0.281. The van der Waals surface area contributed by atoms with Gasteiger partial charge >= 0.3 is 0 Å². The van der Waals surface area contributed by atoms with Gasteiger partial charge in [0.2, 0.25) is 5.91 Å². The highest BCUT2D eigenvalue weighted by Gasteiger charge is 1.99. The van der Waals surface area contributed by atoms with E-state index in [4.69, 9.17) is 4.74 Å². The van der Waals surface area contributed by atoms with Gasteiger partial charge in [0.1, 0.15) is 18.2 Å². The SMILES string of the molecule is Cc1cccc(OCCNC(=O)/C=C/c2ccccc2F)c1. The van der Waals surface area contributed by atoms with Gasteiger partial charge in [-0.2, -0.15) is 0 Å². The van der Waals surface area contributed by atoms with Crippen LogP contribution in [0.25, 0.3) is 6.08 Å². The molecule has 3 nitrogen and oxygen atoms in total. The normalized spacial score (nSPS) is 10.6. The molecule has 0 aromatic heterocycles. The van der Waals surface area contributed by atoms with Crippen molar-refractivity contribution in [3.8, 4) is 5.75 Å². The van der Waals surface area contributed by atoms with Crippen LogP contribution in [-0.4, -0.2) is 19.1 Å². The summed E-state index contributed by atoms with van der Waals surface area (Å²) in [5.41, 5.74) is 1.50. The molecule has 2 aromatic rings. The van der Waals surface area contributed by atoms with Crippen molar-refractivity contribution in [2.75, 3.05) is 13.2 Å². The van der Waals surface area contributed by atoms with E-state index in [1.54, 1.807) is 18.2 Å². The number of rotatable bonds is 6. The third kappa shape index (κ3) is 5.05. The van der Waals surface area contributed by atoms with Gasteiger partial charge in [-0.1, -0.05) is 30.3 Å². The van der Waals surface area contributed by atoms with Crippen molar-refractivity contribution >= 4 is 12.0 Å². The topological polar surface area (TPSA) is 38.3 Å². The highest BCUT2D eigenvalue weighted by molar-refractivity contribution is 5.91. The van der Waals surface area contributed by atoms with Gasteiger partial charge in [0.15, 0.2) is 0 Å². The Morgan fingerprint density at radius 3 is 2.82 bits per heavy atom. The summed E-state index contributed by atoms with van der Waals surface area (Å²) in [4.78, 5) is 11.6. The van der Waals surface area contributed by atoms with E-state index in [1.165, 1.54) is 18.2 Å². The number of nitrogens with one attached hydrogen (secondary N) is 1. The smallest absolute Gasteiger partial charge is 0.244 e. The Balaban J connectivity index is 1.73. The Morgan fingerprint density at radius 2 is 2.05 bits per heavy atom. The molecule has 1 N–H and O–H groups in total. The molecule has 0 unspecified atom stereocenters. The van der Waals surface area contributed by atoms with Gasteiger partial charge in [0, 0.05) is 11.6 Å². The first-order valence-electron chi connectivity index (χ1n) is 7.05. The van der Waals surface area contributed by atoms with Crippen molar-refractivity contribution in [1.82, 2.24) is 5.32 Å². The zero-order chi connectivity index (χ0) is 15.8. The van der Waals surface area contributed by atoms with Gasteiger partial charge in [-0.15, -0.1) is 0 Å². The Bertz CT molecular complexity index is 668. The second-order valence-electron chi connectivity index (χ2n) is 4.81. The lowest BCUT2D eigenvalue weighted by Gasteiger charge is -2.07. The van der Waals surface area contributed by atoms with Crippen LogP contribution in [0.1, 0.15) is 11.1 Å². The Kier molecular flexibility index (Phi) is 5.72. The van der Waals surface area contributed by atoms with Gasteiger partial charge in [-0.25, -0.2) is 4.39 Å². The van der Waals surface area contributed by atoms with Crippen LogP contribution in [0, 0.1) is 12.7 Å². The predicted octanol–water partition coefficient (Wildman–Crippen LogP) is 3.34. The van der Waals surface area contributed by atoms with Crippen LogP contribution in [0.5, 0.6) is 5.75 Å². The van der Waals surface area contributed by atoms with E-state index in [-0.39, 0.29) is 11.7 Å². The lowest BCUT2D eigenvalue weighted by molar-refractivity contribution is -0.116. The minimum Gasteiger partial charge on any atom is -0.492 e. The second-order valence-corrected chi connectivity index (χ2v) is 4.81. The highest BCUT2D eigenvalue weighted by atomic mass is 19.1. The number of carbonyl (C=O) groups is 1. The maximum Gasteiger partial charge on any atom is 0.244 e. The van der Waals surface area contributed by atoms with Crippen molar-refractivity contribution in [1.29, 1.82) is 0 Å². The average Bonchev–Trinajstić information content (AvgIpc) is 2.51. The Morgan fingerprint density at radius 1 is 1.23 bits per heavy atom. The molecule has 0 saturated heterocycles. The van der Waals surface area contributed by atoms with E-state index in [1.807, 2.05) is 31.2 Å². The number of hydrogen-bond donors (Lipinski definition) is 1. The molecule has 4 heteroatoms. The van der Waals surface area contributed by atoms with Crippen LogP contribution in [0.3, 0.4) is 0 Å². The monoisotopic (exact) mass is 299 g/mol. The first-order valence-corrected chi connectivity index (χ1v) is 7.05. The fraction of sp³-hybridized carbons (Fsp3) is 0.167. The summed E-state index contributed by atoms with van der Waals surface area (Å²) in [7, 11) is 0. The van der Waals surface area contributed by atoms with Crippen LogP contribution in [0.4, 0.5) is 4.39 Å². The van der Waals surface area contributed by atoms with Crippen molar-refractivity contribution in [2.24, 2.45) is 0 Å². The summed E-state index contributed by atoms with van der Waals surface area (Å²) < 4.78 is 18.9. The molecular weight excluding hydrogens is 281 g/mol. The first-order chi connectivity index (χ1) is 10.6. The van der Waals surface area contributed by atoms with Crippen molar-refractivity contribution in [2.45, 2.75) is 6.92 Å². The number of hydrogen-bond acceptors (Lipinski definition) is 2. The predicted molar refractivity (Wildman–Crippen MR) is 85.1 cm³/mol. The molecule has 114 valence electrons. The third-order valence-electron chi connectivity index (χ3n) is 2.98. The van der Waals surface area contributed by atoms with Crippen LogP contribution in [0.2, 0.25) is 0 Å². The summed E-state index contributed by atoms with van der Waals surface area (Å²) in [5.74, 6) is 0.140. The molecule has 0 aliphatic heterocycles. The van der Waals surface area contributed by atoms with Gasteiger partial charge in [-0.3, -0.25) is 4.79 Å². The molecule has 2 rings (SSSR count). The van der Waals surface area contributed by atoms with E-state index >= 15 is 0 Å². The number of ether oxygens (including phenoxy) is 1. The molecule has 0 heterocycles. The molecule has 0 fully saturated rings. The maximum atomic E-state index is 13.4. The lowest BCUT2D eigenvalue weighted by atomic mass is 10.2. The molecule has 0 atom stereocenters. The molecule has 22 heavy (non-hydrogen) atoms. The van der Waals surface area contributed by atoms with Crippen molar-refractivity contribution in [3.05, 3.63) is 71.6 Å². The summed E-state index contributed by atoms with van der Waals surface area (Å²) in [6.45, 7) is 2.75. The zero-order valence-electron chi connectivity index (χ0n) is 12.4. The lowest BCUT2D eigenvalue weighted by Crippen LogP contribution is -2.26. The third-order valence-corrected chi connectivity index (χ3v) is 2.98. The van der Waals surface area contributed by atoms with Crippen LogP contribution in [0.15, 0.2) is 54.6 Å². The second kappa shape index (κ2) is 7.98. The van der Waals surface area contributed by atoms with Crippen LogP contribution >= 0.6 is 0 Å². The standard InChI is InChI=1S/C18H18FNO2/c1-14-5-4-7-16(13-14)22-12-11-20-18(21)10-9-15-6-2-3-8-17(15)19/h2-10,13H,11-12H2,1H3,(H,20,21)/b10-9+. The van der Waals surface area contributed by atoms with E-state index in [9.17, 15) is 9.18 Å². The number of benzene rings is 2. The number of aryl methyl sites for hydroxylation is 1. The molecule has 0 bridgehead atoms. The fourth-order valence-corrected chi connectivity index (χ4v) is 1.88. The number of halogens is 1. The molecule has 0 radical (unpaired) electrons. The van der Waals surface area contributed by atoms with E-state index in [2.05, 4.69) is 5.32 Å². The van der Waals surface area contributed by atoms with Crippen LogP contribution < -0.4 is 10.1 Å². The highest BCUT2D eigenvalue weighted by Crippen LogP contribution is 2.11. The minimum atomic E-state index is -0.352. The largest absolute Gasteiger partial charge is 0.492 e. The summed E-state index contributed by atoms with van der Waals surface area (Å²) >= 11 is 0.